The summed E-state index contributed by atoms with van der Waals surface area (Å²) in [5.74, 6) is 0.196. The van der Waals surface area contributed by atoms with E-state index in [-0.39, 0.29) is 0 Å². The maximum Gasteiger partial charge on any atom is 0.347 e. The van der Waals surface area contributed by atoms with Gasteiger partial charge in [-0.25, -0.2) is 9.59 Å². The molecule has 0 aliphatic carbocycles. The summed E-state index contributed by atoms with van der Waals surface area (Å²) in [6.45, 7) is 1.75. The van der Waals surface area contributed by atoms with Crippen molar-refractivity contribution in [3.63, 3.8) is 0 Å². The molecule has 4 aromatic rings. The van der Waals surface area contributed by atoms with E-state index in [0.717, 1.165) is 16.5 Å². The van der Waals surface area contributed by atoms with Gasteiger partial charge in [-0.2, -0.15) is 0 Å². The first-order chi connectivity index (χ1) is 14.1. The highest BCUT2D eigenvalue weighted by Gasteiger charge is 2.18. The lowest BCUT2D eigenvalue weighted by Gasteiger charge is -2.12. The van der Waals surface area contributed by atoms with E-state index in [9.17, 15) is 9.59 Å². The van der Waals surface area contributed by atoms with Crippen LogP contribution in [0.5, 0.6) is 11.5 Å². The second-order valence-corrected chi connectivity index (χ2v) is 6.50. The molecule has 0 saturated heterocycles. The minimum Gasteiger partial charge on any atom is -0.496 e. The SMILES string of the molecule is COc1ccccc1C(=O)Oc1ccc2c(-c3ccccc3)cc(=O)oc2c1C. The zero-order chi connectivity index (χ0) is 20.4. The van der Waals surface area contributed by atoms with Crippen LogP contribution in [-0.4, -0.2) is 13.1 Å². The number of ether oxygens (including phenoxy) is 2. The predicted molar refractivity (Wildman–Crippen MR) is 111 cm³/mol. The first-order valence-electron chi connectivity index (χ1n) is 9.06. The molecule has 0 unspecified atom stereocenters. The van der Waals surface area contributed by atoms with Gasteiger partial charge in [-0.05, 0) is 42.3 Å². The highest BCUT2D eigenvalue weighted by Crippen LogP contribution is 2.33. The number of fused-ring (bicyclic) bond motifs is 1. The van der Waals surface area contributed by atoms with E-state index in [4.69, 9.17) is 13.9 Å². The van der Waals surface area contributed by atoms with Crippen LogP contribution in [0.2, 0.25) is 0 Å². The Balaban J connectivity index is 1.79. The molecule has 1 aromatic heterocycles. The Labute approximate surface area is 167 Å². The largest absolute Gasteiger partial charge is 0.496 e. The van der Waals surface area contributed by atoms with E-state index in [1.165, 1.54) is 13.2 Å². The Kier molecular flexibility index (Phi) is 4.87. The normalized spacial score (nSPS) is 10.7. The van der Waals surface area contributed by atoms with Gasteiger partial charge < -0.3 is 13.9 Å². The van der Waals surface area contributed by atoms with Crippen LogP contribution in [0.4, 0.5) is 0 Å². The average molecular weight is 386 g/mol. The molecule has 0 aliphatic rings. The molecule has 0 atom stereocenters. The maximum absolute atomic E-state index is 12.6. The van der Waals surface area contributed by atoms with Crippen molar-refractivity contribution in [2.75, 3.05) is 7.11 Å². The molecule has 0 spiro atoms. The third-order valence-electron chi connectivity index (χ3n) is 4.73. The lowest BCUT2D eigenvalue weighted by molar-refractivity contribution is 0.0730. The van der Waals surface area contributed by atoms with Crippen molar-refractivity contribution in [3.05, 3.63) is 94.3 Å². The second-order valence-electron chi connectivity index (χ2n) is 6.50. The number of esters is 1. The first-order valence-corrected chi connectivity index (χ1v) is 9.06. The van der Waals surface area contributed by atoms with Gasteiger partial charge in [0.2, 0.25) is 0 Å². The summed E-state index contributed by atoms with van der Waals surface area (Å²) >= 11 is 0. The molecule has 0 radical (unpaired) electrons. The number of para-hydroxylation sites is 1. The Hall–Kier alpha value is -3.86. The number of methoxy groups -OCH3 is 1. The first kappa shape index (κ1) is 18.5. The Bertz CT molecular complexity index is 1260. The predicted octanol–water partition coefficient (Wildman–Crippen LogP) is 5.00. The van der Waals surface area contributed by atoms with Crippen LogP contribution in [-0.2, 0) is 0 Å². The van der Waals surface area contributed by atoms with E-state index >= 15 is 0 Å². The van der Waals surface area contributed by atoms with Crippen LogP contribution in [0.25, 0.3) is 22.1 Å². The van der Waals surface area contributed by atoms with E-state index < -0.39 is 11.6 Å². The number of aryl methyl sites for hydroxylation is 1. The van der Waals surface area contributed by atoms with Gasteiger partial charge in [0.05, 0.1) is 7.11 Å². The Morgan fingerprint density at radius 1 is 0.897 bits per heavy atom. The summed E-state index contributed by atoms with van der Waals surface area (Å²) in [6.07, 6.45) is 0. The molecular formula is C24H18O5. The van der Waals surface area contributed by atoms with Gasteiger partial charge in [0.1, 0.15) is 22.6 Å². The summed E-state index contributed by atoms with van der Waals surface area (Å²) in [5.41, 5.74) is 2.48. The summed E-state index contributed by atoms with van der Waals surface area (Å²) in [7, 11) is 1.49. The molecule has 3 aromatic carbocycles. The zero-order valence-electron chi connectivity index (χ0n) is 16.0. The minimum atomic E-state index is -0.550. The molecule has 0 fully saturated rings. The van der Waals surface area contributed by atoms with Gasteiger partial charge in [0, 0.05) is 17.0 Å². The third kappa shape index (κ3) is 3.50. The van der Waals surface area contributed by atoms with Gasteiger partial charge >= 0.3 is 11.6 Å². The molecule has 1 heterocycles. The topological polar surface area (TPSA) is 65.7 Å². The Morgan fingerprint density at radius 2 is 1.62 bits per heavy atom. The fraction of sp³-hybridized carbons (Fsp3) is 0.0833. The smallest absolute Gasteiger partial charge is 0.347 e. The number of carbonyl (C=O) groups is 1. The maximum atomic E-state index is 12.6. The van der Waals surface area contributed by atoms with Crippen LogP contribution < -0.4 is 15.1 Å². The lowest BCUT2D eigenvalue weighted by Crippen LogP contribution is -2.11. The summed E-state index contributed by atoms with van der Waals surface area (Å²) < 4.78 is 16.3. The number of carbonyl (C=O) groups excluding carboxylic acids is 1. The number of hydrogen-bond acceptors (Lipinski definition) is 5. The molecule has 0 amide bonds. The average Bonchev–Trinajstić information content (AvgIpc) is 2.76. The van der Waals surface area contributed by atoms with Crippen molar-refractivity contribution in [2.45, 2.75) is 6.92 Å². The standard InChI is InChI=1S/C24H18O5/c1-15-20(28-24(26)18-10-6-7-11-21(18)27-2)13-12-17-19(14-22(25)29-23(15)17)16-8-4-3-5-9-16/h3-14H,1-2H3. The van der Waals surface area contributed by atoms with Crippen molar-refractivity contribution in [1.29, 1.82) is 0 Å². The molecule has 4 rings (SSSR count). The van der Waals surface area contributed by atoms with Crippen molar-refractivity contribution < 1.29 is 18.7 Å². The quantitative estimate of drug-likeness (QED) is 0.281. The second kappa shape index (κ2) is 7.64. The molecule has 5 heteroatoms. The fourth-order valence-electron chi connectivity index (χ4n) is 3.28. The van der Waals surface area contributed by atoms with Gasteiger partial charge in [-0.1, -0.05) is 42.5 Å². The highest BCUT2D eigenvalue weighted by molar-refractivity contribution is 5.97. The summed E-state index contributed by atoms with van der Waals surface area (Å²) in [5, 5.41) is 0.769. The molecular weight excluding hydrogens is 368 g/mol. The lowest BCUT2D eigenvalue weighted by atomic mass is 10.0. The number of rotatable bonds is 4. The zero-order valence-corrected chi connectivity index (χ0v) is 16.0. The van der Waals surface area contributed by atoms with Crippen LogP contribution in [0.15, 0.2) is 82.0 Å². The summed E-state index contributed by atoms with van der Waals surface area (Å²) in [4.78, 5) is 24.8. The van der Waals surface area contributed by atoms with E-state index in [1.807, 2.05) is 30.3 Å². The van der Waals surface area contributed by atoms with Gasteiger partial charge in [0.25, 0.3) is 0 Å². The van der Waals surface area contributed by atoms with Crippen molar-refractivity contribution in [2.24, 2.45) is 0 Å². The molecule has 0 N–H and O–H groups in total. The van der Waals surface area contributed by atoms with Crippen LogP contribution in [0.1, 0.15) is 15.9 Å². The molecule has 144 valence electrons. The van der Waals surface area contributed by atoms with Crippen LogP contribution in [0, 0.1) is 6.92 Å². The molecule has 0 saturated carbocycles. The van der Waals surface area contributed by atoms with Gasteiger partial charge in [0.15, 0.2) is 0 Å². The molecule has 5 nitrogen and oxygen atoms in total. The summed E-state index contributed by atoms with van der Waals surface area (Å²) in [6, 6.07) is 21.4. The molecule has 0 aliphatic heterocycles. The van der Waals surface area contributed by atoms with E-state index in [0.29, 0.717) is 28.2 Å². The van der Waals surface area contributed by atoms with Gasteiger partial charge in [-0.15, -0.1) is 0 Å². The number of hydrogen-bond donors (Lipinski definition) is 0. The molecule has 0 bridgehead atoms. The van der Waals surface area contributed by atoms with Crippen LogP contribution >= 0.6 is 0 Å². The van der Waals surface area contributed by atoms with Crippen LogP contribution in [0.3, 0.4) is 0 Å². The third-order valence-corrected chi connectivity index (χ3v) is 4.73. The van der Waals surface area contributed by atoms with Crippen molar-refractivity contribution in [3.8, 4) is 22.6 Å². The van der Waals surface area contributed by atoms with Gasteiger partial charge in [-0.3, -0.25) is 0 Å². The fourth-order valence-corrected chi connectivity index (χ4v) is 3.28. The molecule has 29 heavy (non-hydrogen) atoms. The van der Waals surface area contributed by atoms with Crippen molar-refractivity contribution >= 4 is 16.9 Å². The minimum absolute atomic E-state index is 0.314. The van der Waals surface area contributed by atoms with E-state index in [2.05, 4.69) is 0 Å². The van der Waals surface area contributed by atoms with E-state index in [1.54, 1.807) is 43.3 Å². The number of benzene rings is 3. The Morgan fingerprint density at radius 3 is 2.38 bits per heavy atom. The monoisotopic (exact) mass is 386 g/mol. The highest BCUT2D eigenvalue weighted by atomic mass is 16.5. The van der Waals surface area contributed by atoms with Crippen molar-refractivity contribution in [1.82, 2.24) is 0 Å².